The highest BCUT2D eigenvalue weighted by Crippen LogP contribution is 2.22. The van der Waals surface area contributed by atoms with Crippen molar-refractivity contribution in [1.82, 2.24) is 14.8 Å². The molecule has 6 heteroatoms. The topological polar surface area (TPSA) is 69.0 Å². The van der Waals surface area contributed by atoms with E-state index in [4.69, 9.17) is 0 Å². The van der Waals surface area contributed by atoms with Crippen LogP contribution in [0.2, 0.25) is 0 Å². The van der Waals surface area contributed by atoms with Crippen molar-refractivity contribution < 1.29 is 9.53 Å². The van der Waals surface area contributed by atoms with Gasteiger partial charge in [-0.05, 0) is 25.1 Å². The van der Waals surface area contributed by atoms with Crippen LogP contribution in [-0.4, -0.2) is 28.0 Å². The molecule has 0 unspecified atom stereocenters. The van der Waals surface area contributed by atoms with Gasteiger partial charge in [-0.1, -0.05) is 18.2 Å². The Hall–Kier alpha value is -2.89. The minimum absolute atomic E-state index is 0.524. The predicted molar refractivity (Wildman–Crippen MR) is 79.6 cm³/mol. The summed E-state index contributed by atoms with van der Waals surface area (Å²) in [7, 11) is 1.32. The Morgan fingerprint density at radius 1 is 1.29 bits per heavy atom. The molecule has 6 nitrogen and oxygen atoms in total. The van der Waals surface area contributed by atoms with Gasteiger partial charge in [0.05, 0.1) is 30.4 Å². The van der Waals surface area contributed by atoms with Crippen LogP contribution < -0.4 is 5.32 Å². The Bertz CT molecular complexity index is 796. The number of aromatic nitrogens is 3. The molecule has 3 aromatic rings. The first-order valence-corrected chi connectivity index (χ1v) is 6.45. The molecular weight excluding hydrogens is 268 g/mol. The highest BCUT2D eigenvalue weighted by Gasteiger charge is 2.11. The lowest BCUT2D eigenvalue weighted by atomic mass is 10.2. The van der Waals surface area contributed by atoms with Gasteiger partial charge >= 0.3 is 6.09 Å². The van der Waals surface area contributed by atoms with Crippen molar-refractivity contribution in [3.8, 4) is 5.69 Å². The molecule has 0 aliphatic heterocycles. The number of hydrogen-bond donors (Lipinski definition) is 1. The fourth-order valence-electron chi connectivity index (χ4n) is 2.13. The lowest BCUT2D eigenvalue weighted by molar-refractivity contribution is 0.187. The zero-order chi connectivity index (χ0) is 14.8. The zero-order valence-corrected chi connectivity index (χ0v) is 11.7. The van der Waals surface area contributed by atoms with Crippen LogP contribution in [-0.2, 0) is 4.74 Å². The molecule has 1 N–H and O–H groups in total. The van der Waals surface area contributed by atoms with E-state index < -0.39 is 6.09 Å². The number of ether oxygens (including phenoxy) is 1. The number of para-hydroxylation sites is 1. The van der Waals surface area contributed by atoms with Crippen LogP contribution in [0.3, 0.4) is 0 Å². The molecule has 0 spiro atoms. The summed E-state index contributed by atoms with van der Waals surface area (Å²) in [4.78, 5) is 15.6. The number of amides is 1. The zero-order valence-electron chi connectivity index (χ0n) is 11.7. The molecule has 0 aliphatic rings. The summed E-state index contributed by atoms with van der Waals surface area (Å²) in [5, 5.41) is 7.99. The van der Waals surface area contributed by atoms with E-state index in [9.17, 15) is 4.79 Å². The molecule has 0 saturated heterocycles. The van der Waals surface area contributed by atoms with Crippen LogP contribution in [0.5, 0.6) is 0 Å². The van der Waals surface area contributed by atoms with Crippen LogP contribution in [0, 0.1) is 6.92 Å². The summed E-state index contributed by atoms with van der Waals surface area (Å²) < 4.78 is 6.36. The van der Waals surface area contributed by atoms with Gasteiger partial charge in [0.25, 0.3) is 0 Å². The highest BCUT2D eigenvalue weighted by molar-refractivity contribution is 5.89. The summed E-state index contributed by atoms with van der Waals surface area (Å²) in [5.41, 5.74) is 3.10. The third-order valence-electron chi connectivity index (χ3n) is 3.14. The van der Waals surface area contributed by atoms with Crippen LogP contribution in [0.25, 0.3) is 16.7 Å². The second-order valence-electron chi connectivity index (χ2n) is 4.54. The van der Waals surface area contributed by atoms with Gasteiger partial charge in [-0.15, -0.1) is 0 Å². The summed E-state index contributed by atoms with van der Waals surface area (Å²) in [6, 6.07) is 11.6. The van der Waals surface area contributed by atoms with Crippen molar-refractivity contribution in [3.63, 3.8) is 0 Å². The summed E-state index contributed by atoms with van der Waals surface area (Å²) in [6.07, 6.45) is 1.06. The lowest BCUT2D eigenvalue weighted by Crippen LogP contribution is -2.11. The Balaban J connectivity index is 2.08. The number of methoxy groups -OCH3 is 1. The number of rotatable bonds is 2. The minimum Gasteiger partial charge on any atom is -0.453 e. The van der Waals surface area contributed by atoms with E-state index in [1.807, 2.05) is 43.3 Å². The SMILES string of the molecule is COC(=O)Nc1cnc2c(c1)c(C)nn2-c1ccccc1. The van der Waals surface area contributed by atoms with Crippen molar-refractivity contribution in [2.45, 2.75) is 6.92 Å². The number of anilines is 1. The number of nitrogens with zero attached hydrogens (tertiary/aromatic N) is 3. The molecular formula is C15H14N4O2. The van der Waals surface area contributed by atoms with E-state index in [0.717, 1.165) is 22.4 Å². The van der Waals surface area contributed by atoms with Gasteiger partial charge in [0, 0.05) is 5.39 Å². The van der Waals surface area contributed by atoms with E-state index in [0.29, 0.717) is 5.69 Å². The third kappa shape index (κ3) is 2.43. The molecule has 1 aromatic carbocycles. The van der Waals surface area contributed by atoms with Gasteiger partial charge in [-0.25, -0.2) is 14.5 Å². The monoisotopic (exact) mass is 282 g/mol. The molecule has 106 valence electrons. The average molecular weight is 282 g/mol. The summed E-state index contributed by atoms with van der Waals surface area (Å²) in [5.74, 6) is 0. The van der Waals surface area contributed by atoms with E-state index >= 15 is 0 Å². The maximum absolute atomic E-state index is 11.2. The summed E-state index contributed by atoms with van der Waals surface area (Å²) in [6.45, 7) is 1.91. The van der Waals surface area contributed by atoms with Crippen LogP contribution in [0.15, 0.2) is 42.6 Å². The van der Waals surface area contributed by atoms with Gasteiger partial charge in [0.2, 0.25) is 0 Å². The second-order valence-corrected chi connectivity index (χ2v) is 4.54. The standard InChI is InChI=1S/C15H14N4O2/c1-10-13-8-11(17-15(20)21-2)9-16-14(13)19(18-10)12-6-4-3-5-7-12/h3-9H,1-2H3,(H,17,20). The Labute approximate surface area is 121 Å². The fourth-order valence-corrected chi connectivity index (χ4v) is 2.13. The first-order valence-electron chi connectivity index (χ1n) is 6.45. The average Bonchev–Trinajstić information content (AvgIpc) is 2.85. The van der Waals surface area contributed by atoms with Gasteiger partial charge in [-0.3, -0.25) is 5.32 Å². The van der Waals surface area contributed by atoms with Crippen LogP contribution in [0.4, 0.5) is 10.5 Å². The quantitative estimate of drug-likeness (QED) is 0.784. The van der Waals surface area contributed by atoms with Crippen LogP contribution >= 0.6 is 0 Å². The maximum Gasteiger partial charge on any atom is 0.411 e. The van der Waals surface area contributed by atoms with E-state index in [1.54, 1.807) is 10.9 Å². The first kappa shape index (κ1) is 13.1. The number of carbonyl (C=O) groups excluding carboxylic acids is 1. The highest BCUT2D eigenvalue weighted by atomic mass is 16.5. The van der Waals surface area contributed by atoms with E-state index in [-0.39, 0.29) is 0 Å². The number of fused-ring (bicyclic) bond motifs is 1. The number of nitrogens with one attached hydrogen (secondary N) is 1. The largest absolute Gasteiger partial charge is 0.453 e. The molecule has 0 bridgehead atoms. The number of pyridine rings is 1. The summed E-state index contributed by atoms with van der Waals surface area (Å²) >= 11 is 0. The number of aryl methyl sites for hydroxylation is 1. The predicted octanol–water partition coefficient (Wildman–Crippen LogP) is 2.91. The molecule has 2 heterocycles. The third-order valence-corrected chi connectivity index (χ3v) is 3.14. The molecule has 0 radical (unpaired) electrons. The lowest BCUT2D eigenvalue weighted by Gasteiger charge is -2.04. The molecule has 3 rings (SSSR count). The normalized spacial score (nSPS) is 10.6. The minimum atomic E-state index is -0.524. The Kier molecular flexibility index (Phi) is 3.27. The number of carbonyl (C=O) groups is 1. The molecule has 0 fully saturated rings. The fraction of sp³-hybridized carbons (Fsp3) is 0.133. The molecule has 2 aromatic heterocycles. The van der Waals surface area contributed by atoms with Gasteiger partial charge in [0.1, 0.15) is 0 Å². The van der Waals surface area contributed by atoms with Crippen LogP contribution in [0.1, 0.15) is 5.69 Å². The molecule has 1 amide bonds. The molecule has 0 atom stereocenters. The van der Waals surface area contributed by atoms with Crippen molar-refractivity contribution in [2.24, 2.45) is 0 Å². The molecule has 0 saturated carbocycles. The Morgan fingerprint density at radius 3 is 2.76 bits per heavy atom. The van der Waals surface area contributed by atoms with Crippen molar-refractivity contribution in [1.29, 1.82) is 0 Å². The van der Waals surface area contributed by atoms with E-state index in [2.05, 4.69) is 20.1 Å². The van der Waals surface area contributed by atoms with E-state index in [1.165, 1.54) is 7.11 Å². The molecule has 0 aliphatic carbocycles. The molecule has 21 heavy (non-hydrogen) atoms. The Morgan fingerprint density at radius 2 is 2.05 bits per heavy atom. The number of benzene rings is 1. The maximum atomic E-state index is 11.2. The van der Waals surface area contributed by atoms with Crippen molar-refractivity contribution in [3.05, 3.63) is 48.3 Å². The second kappa shape index (κ2) is 5.24. The van der Waals surface area contributed by atoms with Crippen molar-refractivity contribution >= 4 is 22.8 Å². The smallest absolute Gasteiger partial charge is 0.411 e. The van der Waals surface area contributed by atoms with Crippen molar-refractivity contribution in [2.75, 3.05) is 12.4 Å². The van der Waals surface area contributed by atoms with Gasteiger partial charge < -0.3 is 4.74 Å². The van der Waals surface area contributed by atoms with Gasteiger partial charge in [-0.2, -0.15) is 5.10 Å². The number of hydrogen-bond acceptors (Lipinski definition) is 4. The van der Waals surface area contributed by atoms with Gasteiger partial charge in [0.15, 0.2) is 5.65 Å². The first-order chi connectivity index (χ1) is 10.2.